The van der Waals surface area contributed by atoms with Crippen LogP contribution in [0.1, 0.15) is 100 Å². The van der Waals surface area contributed by atoms with E-state index in [0.717, 1.165) is 0 Å². The van der Waals surface area contributed by atoms with Crippen molar-refractivity contribution in [2.24, 2.45) is 0 Å². The van der Waals surface area contributed by atoms with Crippen LogP contribution in [0.25, 0.3) is 0 Å². The smallest absolute Gasteiger partial charge is 0.00184 e. The first-order valence-electron chi connectivity index (χ1n) is 12.5. The Morgan fingerprint density at radius 1 is 0.387 bits per heavy atom. The van der Waals surface area contributed by atoms with Gasteiger partial charge in [-0.3, -0.25) is 0 Å². The van der Waals surface area contributed by atoms with Gasteiger partial charge in [0.1, 0.15) is 0 Å². The van der Waals surface area contributed by atoms with Gasteiger partial charge in [0, 0.05) is 0 Å². The summed E-state index contributed by atoms with van der Waals surface area (Å²) in [6.07, 6.45) is 14.3. The van der Waals surface area contributed by atoms with Gasteiger partial charge in [-0.15, -0.1) is 0 Å². The minimum absolute atomic E-state index is 0. The number of nitrogens with zero attached hydrogens (tertiary/aromatic N) is 4. The Bertz CT molecular complexity index is 313. The highest BCUT2D eigenvalue weighted by molar-refractivity contribution is 4.63. The Labute approximate surface area is 199 Å². The molecule has 0 unspecified atom stereocenters. The minimum atomic E-state index is 0. The van der Waals surface area contributed by atoms with E-state index in [0.29, 0.717) is 0 Å². The number of rotatable bonds is 2. The molecular weight excluding hydrogens is 380 g/mol. The van der Waals surface area contributed by atoms with Crippen molar-refractivity contribution in [1.29, 1.82) is 0 Å². The van der Waals surface area contributed by atoms with Crippen LogP contribution in [0.5, 0.6) is 0 Å². The van der Waals surface area contributed by atoms with Gasteiger partial charge in [0.15, 0.2) is 0 Å². The van der Waals surface area contributed by atoms with Crippen molar-refractivity contribution in [3.8, 4) is 0 Å². The Morgan fingerprint density at radius 3 is 0.774 bits per heavy atom. The fourth-order valence-corrected chi connectivity index (χ4v) is 4.30. The van der Waals surface area contributed by atoms with Crippen molar-refractivity contribution in [2.45, 2.75) is 100 Å². The van der Waals surface area contributed by atoms with Crippen molar-refractivity contribution >= 4 is 0 Å². The molecule has 4 fully saturated rings. The molecule has 0 spiro atoms. The van der Waals surface area contributed by atoms with E-state index >= 15 is 0 Å². The zero-order valence-corrected chi connectivity index (χ0v) is 19.9. The van der Waals surface area contributed by atoms with Crippen LogP contribution in [0.2, 0.25) is 0 Å². The molecule has 4 aliphatic rings. The highest BCUT2D eigenvalue weighted by Gasteiger charge is 2.07. The lowest BCUT2D eigenvalue weighted by atomic mass is 10.1. The molecule has 0 bridgehead atoms. The molecule has 4 nitrogen and oxygen atoms in total. The van der Waals surface area contributed by atoms with E-state index < -0.39 is 0 Å². The number of hydrogen-bond donors (Lipinski definition) is 0. The van der Waals surface area contributed by atoms with Gasteiger partial charge in [0.2, 0.25) is 0 Å². The quantitative estimate of drug-likeness (QED) is 0.494. The standard InChI is InChI=1S/C7H15N.2C6H13N.C5H11N.3CH4/c1-2-8-6-4-3-5-7-8;1-7-5-3-2-4-6-7;1-2-7-5-3-4-6-7;1-6-4-2-3-5-6;;;/h2-7H2,1H3;2*2-6H2,1H3;2-5H2,1H3;3*1H4. The van der Waals surface area contributed by atoms with Crippen LogP contribution in [0.3, 0.4) is 0 Å². The van der Waals surface area contributed by atoms with Gasteiger partial charge in [-0.05, 0) is 131 Å². The summed E-state index contributed by atoms with van der Waals surface area (Å²) in [6.45, 7) is 17.6. The van der Waals surface area contributed by atoms with Gasteiger partial charge in [-0.2, -0.15) is 0 Å². The van der Waals surface area contributed by atoms with Crippen LogP contribution in [0.4, 0.5) is 0 Å². The van der Waals surface area contributed by atoms with E-state index in [1.807, 2.05) is 0 Å². The van der Waals surface area contributed by atoms with E-state index in [2.05, 4.69) is 47.5 Å². The van der Waals surface area contributed by atoms with E-state index in [1.165, 1.54) is 130 Å². The zero-order chi connectivity index (χ0) is 20.5. The molecule has 31 heavy (non-hydrogen) atoms. The molecule has 4 rings (SSSR count). The lowest BCUT2D eigenvalue weighted by Gasteiger charge is -2.24. The van der Waals surface area contributed by atoms with E-state index in [4.69, 9.17) is 0 Å². The van der Waals surface area contributed by atoms with Gasteiger partial charge in [-0.25, -0.2) is 0 Å². The maximum Gasteiger partial charge on any atom is -0.00184 e. The summed E-state index contributed by atoms with van der Waals surface area (Å²) in [5.41, 5.74) is 0. The lowest BCUT2D eigenvalue weighted by Crippen LogP contribution is -2.29. The molecule has 0 aromatic carbocycles. The van der Waals surface area contributed by atoms with Crippen molar-refractivity contribution in [1.82, 2.24) is 19.6 Å². The molecule has 0 aromatic rings. The largest absolute Gasteiger partial charge is 0.306 e. The molecule has 0 aromatic heterocycles. The predicted octanol–water partition coefficient (Wildman–Crippen LogP) is 6.32. The highest BCUT2D eigenvalue weighted by Crippen LogP contribution is 2.07. The first kappa shape index (κ1) is 35.4. The Balaban J connectivity index is -0.000000328. The Hall–Kier alpha value is -0.160. The molecule has 4 aliphatic heterocycles. The van der Waals surface area contributed by atoms with Crippen molar-refractivity contribution in [3.63, 3.8) is 0 Å². The summed E-state index contributed by atoms with van der Waals surface area (Å²) in [7, 11) is 4.37. The first-order chi connectivity index (χ1) is 13.7. The van der Waals surface area contributed by atoms with Gasteiger partial charge in [-0.1, -0.05) is 49.0 Å². The molecule has 0 saturated carbocycles. The summed E-state index contributed by atoms with van der Waals surface area (Å²) in [6, 6.07) is 0. The third-order valence-electron chi connectivity index (χ3n) is 6.45. The number of likely N-dealkylation sites (tertiary alicyclic amines) is 4. The van der Waals surface area contributed by atoms with Crippen molar-refractivity contribution < 1.29 is 0 Å². The molecule has 4 saturated heterocycles. The molecule has 4 heteroatoms. The number of hydrogen-bond acceptors (Lipinski definition) is 4. The molecular formula is C27H64N4. The monoisotopic (exact) mass is 445 g/mol. The Morgan fingerprint density at radius 2 is 0.613 bits per heavy atom. The lowest BCUT2D eigenvalue weighted by molar-refractivity contribution is 0.240. The summed E-state index contributed by atoms with van der Waals surface area (Å²) < 4.78 is 0. The van der Waals surface area contributed by atoms with E-state index in [-0.39, 0.29) is 22.3 Å². The topological polar surface area (TPSA) is 13.0 Å². The Kier molecular flexibility index (Phi) is 28.0. The minimum Gasteiger partial charge on any atom is -0.306 e. The van der Waals surface area contributed by atoms with Crippen LogP contribution in [0, 0.1) is 0 Å². The van der Waals surface area contributed by atoms with Crippen LogP contribution in [-0.4, -0.2) is 99.1 Å². The molecule has 0 amide bonds. The fourth-order valence-electron chi connectivity index (χ4n) is 4.30. The van der Waals surface area contributed by atoms with Crippen molar-refractivity contribution in [2.75, 3.05) is 79.5 Å². The maximum absolute atomic E-state index is 2.52. The van der Waals surface area contributed by atoms with Gasteiger partial charge in [0.05, 0.1) is 0 Å². The summed E-state index contributed by atoms with van der Waals surface area (Å²) in [5.74, 6) is 0. The number of piperidine rings is 2. The summed E-state index contributed by atoms with van der Waals surface area (Å²) in [5, 5.41) is 0. The molecule has 0 radical (unpaired) electrons. The predicted molar refractivity (Wildman–Crippen MR) is 146 cm³/mol. The zero-order valence-electron chi connectivity index (χ0n) is 19.9. The molecule has 0 atom stereocenters. The molecule has 192 valence electrons. The SMILES string of the molecule is C.C.C.CCN1CCCC1.CCN1CCCCC1.CN1CCCC1.CN1CCCCC1. The second kappa shape index (κ2) is 24.5. The van der Waals surface area contributed by atoms with Crippen LogP contribution >= 0.6 is 0 Å². The van der Waals surface area contributed by atoms with Crippen LogP contribution in [0.15, 0.2) is 0 Å². The second-order valence-corrected chi connectivity index (χ2v) is 9.01. The maximum atomic E-state index is 2.52. The normalized spacial score (nSPS) is 22.1. The summed E-state index contributed by atoms with van der Waals surface area (Å²) >= 11 is 0. The molecule has 4 heterocycles. The fraction of sp³-hybridized carbons (Fsp3) is 1.00. The third-order valence-corrected chi connectivity index (χ3v) is 6.45. The van der Waals surface area contributed by atoms with E-state index in [9.17, 15) is 0 Å². The van der Waals surface area contributed by atoms with E-state index in [1.54, 1.807) is 0 Å². The summed E-state index contributed by atoms with van der Waals surface area (Å²) in [4.78, 5) is 9.76. The van der Waals surface area contributed by atoms with Crippen LogP contribution < -0.4 is 0 Å². The average molecular weight is 445 g/mol. The third kappa shape index (κ3) is 20.2. The average Bonchev–Trinajstić information content (AvgIpc) is 3.44. The van der Waals surface area contributed by atoms with Gasteiger partial charge < -0.3 is 19.6 Å². The first-order valence-corrected chi connectivity index (χ1v) is 12.5. The molecule has 0 N–H and O–H groups in total. The molecule has 0 aliphatic carbocycles. The van der Waals surface area contributed by atoms with Crippen LogP contribution in [-0.2, 0) is 0 Å². The van der Waals surface area contributed by atoms with Gasteiger partial charge >= 0.3 is 0 Å². The second-order valence-electron chi connectivity index (χ2n) is 9.01. The van der Waals surface area contributed by atoms with Gasteiger partial charge in [0.25, 0.3) is 0 Å². The highest BCUT2D eigenvalue weighted by atomic mass is 15.1. The van der Waals surface area contributed by atoms with Crippen molar-refractivity contribution in [3.05, 3.63) is 0 Å².